The van der Waals surface area contributed by atoms with Crippen LogP contribution in [0.4, 0.5) is 14.5 Å². The summed E-state index contributed by atoms with van der Waals surface area (Å²) in [6.45, 7) is 1.31. The lowest BCUT2D eigenvalue weighted by Crippen LogP contribution is -2.00. The van der Waals surface area contributed by atoms with Gasteiger partial charge in [-0.15, -0.1) is 0 Å². The molecule has 0 heterocycles. The van der Waals surface area contributed by atoms with E-state index in [0.717, 1.165) is 0 Å². The Labute approximate surface area is 84.7 Å². The molecular weight excluding hydrogens is 212 g/mol. The fraction of sp³-hybridized carbons (Fsp3) is 0.222. The number of nitrogens with two attached hydrogens (primary N) is 1. The summed E-state index contributed by atoms with van der Waals surface area (Å²) in [6.07, 6.45) is -2.73. The van der Waals surface area contributed by atoms with Crippen molar-refractivity contribution in [3.63, 3.8) is 0 Å². The molecule has 0 aliphatic carbocycles. The van der Waals surface area contributed by atoms with Crippen LogP contribution >= 0.6 is 11.6 Å². The molecule has 0 atom stereocenters. The molecule has 0 aliphatic heterocycles. The number of benzene rings is 1. The lowest BCUT2D eigenvalue weighted by molar-refractivity contribution is 0.101. The average molecular weight is 220 g/mol. The van der Waals surface area contributed by atoms with Gasteiger partial charge < -0.3 is 5.73 Å². The molecule has 1 aromatic rings. The van der Waals surface area contributed by atoms with E-state index in [4.69, 9.17) is 17.3 Å². The number of Topliss-reactive ketones (excluding diaryl/α,β-unsaturated/α-hetero) is 1. The number of carbonyl (C=O) groups is 1. The lowest BCUT2D eigenvalue weighted by atomic mass is 10.1. The third kappa shape index (κ3) is 2.01. The second-order valence-electron chi connectivity index (χ2n) is 2.82. The Kier molecular flexibility index (Phi) is 3.06. The van der Waals surface area contributed by atoms with E-state index in [1.165, 1.54) is 19.1 Å². The van der Waals surface area contributed by atoms with Gasteiger partial charge in [0, 0.05) is 11.3 Å². The van der Waals surface area contributed by atoms with Gasteiger partial charge in [-0.25, -0.2) is 8.78 Å². The normalized spacial score (nSPS) is 10.6. The minimum atomic E-state index is -2.73. The van der Waals surface area contributed by atoms with E-state index < -0.39 is 12.0 Å². The number of rotatable bonds is 2. The summed E-state index contributed by atoms with van der Waals surface area (Å²) in [5.41, 5.74) is 5.00. The van der Waals surface area contributed by atoms with Crippen molar-refractivity contribution in [3.8, 4) is 0 Å². The SMILES string of the molecule is CC(=O)c1cc(N)c(C(F)F)c(Cl)c1. The first kappa shape index (κ1) is 10.9. The van der Waals surface area contributed by atoms with Crippen LogP contribution in [0.15, 0.2) is 12.1 Å². The molecule has 0 saturated carbocycles. The molecule has 0 saturated heterocycles. The molecule has 1 rings (SSSR count). The Hall–Kier alpha value is -1.16. The fourth-order valence-corrected chi connectivity index (χ4v) is 1.38. The Balaban J connectivity index is 3.32. The number of hydrogen-bond acceptors (Lipinski definition) is 2. The van der Waals surface area contributed by atoms with E-state index in [2.05, 4.69) is 0 Å². The fourth-order valence-electron chi connectivity index (χ4n) is 1.07. The molecule has 0 spiro atoms. The lowest BCUT2D eigenvalue weighted by Gasteiger charge is -2.08. The molecular formula is C9H8ClF2NO. The van der Waals surface area contributed by atoms with Gasteiger partial charge in [0.25, 0.3) is 6.43 Å². The number of nitrogen functional groups attached to an aromatic ring is 1. The molecule has 2 N–H and O–H groups in total. The van der Waals surface area contributed by atoms with Crippen LogP contribution in [0.5, 0.6) is 0 Å². The maximum atomic E-state index is 12.4. The van der Waals surface area contributed by atoms with E-state index in [1.807, 2.05) is 0 Å². The summed E-state index contributed by atoms with van der Waals surface area (Å²) in [5.74, 6) is -0.264. The number of ketones is 1. The van der Waals surface area contributed by atoms with Crippen LogP contribution in [-0.4, -0.2) is 5.78 Å². The quantitative estimate of drug-likeness (QED) is 0.614. The first-order valence-corrected chi connectivity index (χ1v) is 4.19. The van der Waals surface area contributed by atoms with Gasteiger partial charge in [-0.1, -0.05) is 11.6 Å². The largest absolute Gasteiger partial charge is 0.398 e. The maximum absolute atomic E-state index is 12.4. The number of hydrogen-bond donors (Lipinski definition) is 1. The summed E-state index contributed by atoms with van der Waals surface area (Å²) < 4.78 is 24.7. The van der Waals surface area contributed by atoms with Gasteiger partial charge in [-0.2, -0.15) is 0 Å². The highest BCUT2D eigenvalue weighted by Gasteiger charge is 2.17. The Morgan fingerprint density at radius 1 is 1.50 bits per heavy atom. The van der Waals surface area contributed by atoms with E-state index in [-0.39, 0.29) is 22.1 Å². The van der Waals surface area contributed by atoms with Crippen molar-refractivity contribution < 1.29 is 13.6 Å². The molecule has 0 unspecified atom stereocenters. The van der Waals surface area contributed by atoms with E-state index in [9.17, 15) is 13.6 Å². The summed E-state index contributed by atoms with van der Waals surface area (Å²) in [5, 5.41) is -0.176. The molecule has 0 fully saturated rings. The van der Waals surface area contributed by atoms with Gasteiger partial charge in [0.1, 0.15) is 0 Å². The van der Waals surface area contributed by atoms with E-state index >= 15 is 0 Å². The summed E-state index contributed by atoms with van der Waals surface area (Å²) in [7, 11) is 0. The van der Waals surface area contributed by atoms with Gasteiger partial charge in [0.05, 0.1) is 10.6 Å². The van der Waals surface area contributed by atoms with Crippen LogP contribution in [0.2, 0.25) is 5.02 Å². The van der Waals surface area contributed by atoms with Crippen molar-refractivity contribution in [1.82, 2.24) is 0 Å². The predicted octanol–water partition coefficient (Wildman–Crippen LogP) is 3.06. The van der Waals surface area contributed by atoms with Crippen molar-refractivity contribution >= 4 is 23.1 Å². The zero-order chi connectivity index (χ0) is 10.9. The second-order valence-corrected chi connectivity index (χ2v) is 3.23. The standard InChI is InChI=1S/C9H8ClF2NO/c1-4(14)5-2-6(10)8(9(11)12)7(13)3-5/h2-3,9H,13H2,1H3. The van der Waals surface area contributed by atoms with Gasteiger partial charge in [-0.05, 0) is 19.1 Å². The minimum absolute atomic E-state index is 0.155. The van der Waals surface area contributed by atoms with Crippen molar-refractivity contribution in [2.24, 2.45) is 0 Å². The van der Waals surface area contributed by atoms with E-state index in [0.29, 0.717) is 0 Å². The molecule has 0 aliphatic rings. The number of carbonyl (C=O) groups excluding carboxylic acids is 1. The predicted molar refractivity (Wildman–Crippen MR) is 50.8 cm³/mol. The van der Waals surface area contributed by atoms with Gasteiger partial charge in [0.2, 0.25) is 0 Å². The molecule has 2 nitrogen and oxygen atoms in total. The summed E-state index contributed by atoms with van der Waals surface area (Å²) >= 11 is 5.56. The van der Waals surface area contributed by atoms with Crippen molar-refractivity contribution in [2.45, 2.75) is 13.3 Å². The molecule has 0 amide bonds. The molecule has 0 aromatic heterocycles. The monoisotopic (exact) mass is 219 g/mol. The molecule has 76 valence electrons. The van der Waals surface area contributed by atoms with Crippen LogP contribution in [-0.2, 0) is 0 Å². The minimum Gasteiger partial charge on any atom is -0.398 e. The first-order valence-electron chi connectivity index (χ1n) is 3.81. The highest BCUT2D eigenvalue weighted by molar-refractivity contribution is 6.32. The number of anilines is 1. The van der Waals surface area contributed by atoms with Crippen LogP contribution in [0.1, 0.15) is 29.3 Å². The molecule has 5 heteroatoms. The highest BCUT2D eigenvalue weighted by atomic mass is 35.5. The van der Waals surface area contributed by atoms with E-state index in [1.54, 1.807) is 0 Å². The summed E-state index contributed by atoms with van der Waals surface area (Å²) in [4.78, 5) is 10.9. The first-order chi connectivity index (χ1) is 6.43. The van der Waals surface area contributed by atoms with Crippen LogP contribution in [0.25, 0.3) is 0 Å². The number of halogens is 3. The van der Waals surface area contributed by atoms with Crippen LogP contribution in [0, 0.1) is 0 Å². The van der Waals surface area contributed by atoms with Crippen LogP contribution in [0.3, 0.4) is 0 Å². The third-order valence-electron chi connectivity index (χ3n) is 1.79. The van der Waals surface area contributed by atoms with Crippen molar-refractivity contribution in [1.29, 1.82) is 0 Å². The van der Waals surface area contributed by atoms with Crippen molar-refractivity contribution in [2.75, 3.05) is 5.73 Å². The zero-order valence-corrected chi connectivity index (χ0v) is 8.11. The topological polar surface area (TPSA) is 43.1 Å². The summed E-state index contributed by atoms with van der Waals surface area (Å²) in [6, 6.07) is 2.40. The smallest absolute Gasteiger partial charge is 0.267 e. The van der Waals surface area contributed by atoms with Gasteiger partial charge in [-0.3, -0.25) is 4.79 Å². The highest BCUT2D eigenvalue weighted by Crippen LogP contribution is 2.33. The maximum Gasteiger partial charge on any atom is 0.267 e. The van der Waals surface area contributed by atoms with Gasteiger partial charge >= 0.3 is 0 Å². The Morgan fingerprint density at radius 3 is 2.43 bits per heavy atom. The molecule has 0 bridgehead atoms. The Morgan fingerprint density at radius 2 is 2.07 bits per heavy atom. The average Bonchev–Trinajstić information content (AvgIpc) is 2.01. The molecule has 0 radical (unpaired) electrons. The van der Waals surface area contributed by atoms with Gasteiger partial charge in [0.15, 0.2) is 5.78 Å². The van der Waals surface area contributed by atoms with Crippen LogP contribution < -0.4 is 5.73 Å². The molecule has 14 heavy (non-hydrogen) atoms. The third-order valence-corrected chi connectivity index (χ3v) is 2.10. The number of alkyl halides is 2. The Bertz CT molecular complexity index is 356. The molecule has 1 aromatic carbocycles. The van der Waals surface area contributed by atoms with Crippen molar-refractivity contribution in [3.05, 3.63) is 28.3 Å². The zero-order valence-electron chi connectivity index (χ0n) is 7.35. The second kappa shape index (κ2) is 3.92.